The number of nitrogens with zero attached hydrogens (tertiary/aromatic N) is 1. The van der Waals surface area contributed by atoms with E-state index in [1.54, 1.807) is 13.0 Å². The number of fused-ring (bicyclic) bond motifs is 2. The van der Waals surface area contributed by atoms with Gasteiger partial charge >= 0.3 is 5.97 Å². The molecule has 0 atom stereocenters. The molecule has 4 rings (SSSR count). The van der Waals surface area contributed by atoms with Crippen LogP contribution in [0.25, 0.3) is 22.1 Å². The first-order chi connectivity index (χ1) is 13.9. The molecule has 0 radical (unpaired) electrons. The maximum Gasteiger partial charge on any atom is 0.340 e. The molecule has 0 saturated carbocycles. The summed E-state index contributed by atoms with van der Waals surface area (Å²) in [5.74, 6) is -0.493. The van der Waals surface area contributed by atoms with Crippen molar-refractivity contribution in [1.29, 1.82) is 0 Å². The van der Waals surface area contributed by atoms with E-state index in [2.05, 4.69) is 4.98 Å². The molecule has 0 fully saturated rings. The van der Waals surface area contributed by atoms with Crippen LogP contribution in [0.4, 0.5) is 0 Å². The number of hydrogen-bond donors (Lipinski definition) is 0. The number of rotatable bonds is 4. The largest absolute Gasteiger partial charge is 0.462 e. The summed E-state index contributed by atoms with van der Waals surface area (Å²) in [7, 11) is 0. The number of ether oxygens (including phenoxy) is 1. The highest BCUT2D eigenvalue weighted by atomic mass is 16.5. The minimum Gasteiger partial charge on any atom is -0.462 e. The van der Waals surface area contributed by atoms with Crippen LogP contribution in [0.2, 0.25) is 0 Å². The second-order valence-corrected chi connectivity index (χ2v) is 7.24. The Balaban J connectivity index is 1.69. The first kappa shape index (κ1) is 18.9. The van der Waals surface area contributed by atoms with Crippen molar-refractivity contribution in [2.24, 2.45) is 0 Å². The van der Waals surface area contributed by atoms with Gasteiger partial charge in [0.15, 0.2) is 0 Å². The number of aryl methyl sites for hydroxylation is 3. The lowest BCUT2D eigenvalue weighted by Crippen LogP contribution is -2.13. The van der Waals surface area contributed by atoms with Gasteiger partial charge in [0.05, 0.1) is 28.6 Å². The quantitative estimate of drug-likeness (QED) is 0.376. The highest BCUT2D eigenvalue weighted by Gasteiger charge is 2.18. The molecule has 2 aromatic carbocycles. The van der Waals surface area contributed by atoms with Crippen LogP contribution in [0.15, 0.2) is 57.7 Å². The molecule has 29 heavy (non-hydrogen) atoms. The van der Waals surface area contributed by atoms with E-state index in [-0.39, 0.29) is 28.7 Å². The predicted octanol–water partition coefficient (Wildman–Crippen LogP) is 4.67. The average Bonchev–Trinajstić information content (AvgIpc) is 2.69. The van der Waals surface area contributed by atoms with Crippen LogP contribution in [0.3, 0.4) is 0 Å². The molecule has 4 aromatic rings. The lowest BCUT2D eigenvalue weighted by Gasteiger charge is -2.09. The van der Waals surface area contributed by atoms with Crippen LogP contribution >= 0.6 is 0 Å². The number of benzene rings is 2. The topological polar surface area (TPSA) is 69.4 Å². The van der Waals surface area contributed by atoms with E-state index in [1.807, 2.05) is 50.2 Å². The average molecular weight is 387 g/mol. The summed E-state index contributed by atoms with van der Waals surface area (Å²) in [6, 6.07) is 15.1. The van der Waals surface area contributed by atoms with E-state index < -0.39 is 5.97 Å². The van der Waals surface area contributed by atoms with E-state index in [1.165, 1.54) is 6.07 Å². The third kappa shape index (κ3) is 3.63. The van der Waals surface area contributed by atoms with Gasteiger partial charge in [-0.25, -0.2) is 9.78 Å². The van der Waals surface area contributed by atoms with Crippen LogP contribution in [0.1, 0.15) is 32.7 Å². The summed E-state index contributed by atoms with van der Waals surface area (Å²) >= 11 is 0. The van der Waals surface area contributed by atoms with Crippen LogP contribution < -0.4 is 5.43 Å². The van der Waals surface area contributed by atoms with Crippen molar-refractivity contribution < 1.29 is 13.9 Å². The zero-order valence-electron chi connectivity index (χ0n) is 16.6. The van der Waals surface area contributed by atoms with Crippen LogP contribution in [0, 0.1) is 20.8 Å². The summed E-state index contributed by atoms with van der Waals surface area (Å²) < 4.78 is 11.3. The fourth-order valence-corrected chi connectivity index (χ4v) is 3.51. The Morgan fingerprint density at radius 1 is 1.03 bits per heavy atom. The molecule has 0 saturated heterocycles. The second-order valence-electron chi connectivity index (χ2n) is 7.24. The van der Waals surface area contributed by atoms with Crippen molar-refractivity contribution in [3.8, 4) is 0 Å². The third-order valence-corrected chi connectivity index (χ3v) is 4.97. The number of aromatic nitrogens is 1. The fraction of sp³-hybridized carbons (Fsp3) is 0.208. The molecule has 146 valence electrons. The molecule has 0 spiro atoms. The molecule has 0 unspecified atom stereocenters. The van der Waals surface area contributed by atoms with Crippen LogP contribution in [-0.2, 0) is 11.2 Å². The number of pyridine rings is 1. The van der Waals surface area contributed by atoms with E-state index in [9.17, 15) is 9.59 Å². The standard InChI is InChI=1S/C24H21NO4/c1-14-11-15(2)22-19(12-14)21(26)20-13-18(16(3)25-23(20)29-22)24(27)28-10-9-17-7-5-4-6-8-17/h4-8,11-13H,9-10H2,1-3H3. The van der Waals surface area contributed by atoms with Crippen LogP contribution in [-0.4, -0.2) is 17.6 Å². The molecule has 5 heteroatoms. The third-order valence-electron chi connectivity index (χ3n) is 4.97. The van der Waals surface area contributed by atoms with Crippen LogP contribution in [0.5, 0.6) is 0 Å². The van der Waals surface area contributed by atoms with E-state index in [4.69, 9.17) is 9.15 Å². The molecule has 0 aliphatic heterocycles. The van der Waals surface area contributed by atoms with Crippen molar-refractivity contribution in [3.63, 3.8) is 0 Å². The summed E-state index contributed by atoms with van der Waals surface area (Å²) in [5.41, 5.74) is 4.25. The Hall–Kier alpha value is -3.47. The summed E-state index contributed by atoms with van der Waals surface area (Å²) in [4.78, 5) is 30.0. The molecule has 2 aromatic heterocycles. The zero-order chi connectivity index (χ0) is 20.5. The number of carbonyl (C=O) groups is 1. The SMILES string of the molecule is Cc1cc(C)c2oc3nc(C)c(C(=O)OCCc4ccccc4)cc3c(=O)c2c1. The van der Waals surface area contributed by atoms with Gasteiger partial charge in [0, 0.05) is 6.42 Å². The fourth-order valence-electron chi connectivity index (χ4n) is 3.51. The minimum atomic E-state index is -0.493. The van der Waals surface area contributed by atoms with E-state index >= 15 is 0 Å². The van der Waals surface area contributed by atoms with Gasteiger partial charge in [0.2, 0.25) is 11.1 Å². The van der Waals surface area contributed by atoms with E-state index in [0.29, 0.717) is 23.1 Å². The maximum atomic E-state index is 13.0. The lowest BCUT2D eigenvalue weighted by atomic mass is 10.1. The van der Waals surface area contributed by atoms with Crippen molar-refractivity contribution in [2.75, 3.05) is 6.61 Å². The Kier molecular flexibility index (Phi) is 4.89. The first-order valence-corrected chi connectivity index (χ1v) is 9.50. The maximum absolute atomic E-state index is 13.0. The molecule has 0 N–H and O–H groups in total. The predicted molar refractivity (Wildman–Crippen MR) is 112 cm³/mol. The number of hydrogen-bond acceptors (Lipinski definition) is 5. The number of carbonyl (C=O) groups excluding carboxylic acids is 1. The Labute approximate surface area is 168 Å². The van der Waals surface area contributed by atoms with Gasteiger partial charge in [-0.2, -0.15) is 0 Å². The Morgan fingerprint density at radius 3 is 2.55 bits per heavy atom. The highest BCUT2D eigenvalue weighted by Crippen LogP contribution is 2.23. The minimum absolute atomic E-state index is 0.195. The Morgan fingerprint density at radius 2 is 1.79 bits per heavy atom. The van der Waals surface area contributed by atoms with Gasteiger partial charge in [0.1, 0.15) is 5.58 Å². The van der Waals surface area contributed by atoms with Gasteiger partial charge in [-0.05, 0) is 49.6 Å². The molecular formula is C24H21NO4. The summed E-state index contributed by atoms with van der Waals surface area (Å²) in [5, 5.41) is 0.771. The molecule has 0 aliphatic rings. The first-order valence-electron chi connectivity index (χ1n) is 9.50. The molecule has 0 bridgehead atoms. The van der Waals surface area contributed by atoms with Gasteiger partial charge < -0.3 is 9.15 Å². The van der Waals surface area contributed by atoms with Crippen molar-refractivity contribution in [2.45, 2.75) is 27.2 Å². The van der Waals surface area contributed by atoms with Gasteiger partial charge in [-0.1, -0.05) is 36.4 Å². The smallest absolute Gasteiger partial charge is 0.340 e. The molecule has 5 nitrogen and oxygen atoms in total. The lowest BCUT2D eigenvalue weighted by molar-refractivity contribution is 0.0508. The summed E-state index contributed by atoms with van der Waals surface area (Å²) in [6.45, 7) is 5.79. The van der Waals surface area contributed by atoms with Gasteiger partial charge in [-0.3, -0.25) is 4.79 Å². The van der Waals surface area contributed by atoms with E-state index in [0.717, 1.165) is 16.7 Å². The summed E-state index contributed by atoms with van der Waals surface area (Å²) in [6.07, 6.45) is 0.623. The van der Waals surface area contributed by atoms with Crippen molar-refractivity contribution >= 4 is 28.0 Å². The Bertz CT molecular complexity index is 1290. The van der Waals surface area contributed by atoms with Gasteiger partial charge in [0.25, 0.3) is 0 Å². The molecule has 2 heterocycles. The normalized spacial score (nSPS) is 11.1. The van der Waals surface area contributed by atoms with Crippen molar-refractivity contribution in [3.05, 3.63) is 86.7 Å². The number of esters is 1. The zero-order valence-corrected chi connectivity index (χ0v) is 16.6. The second kappa shape index (κ2) is 7.51. The monoisotopic (exact) mass is 387 g/mol. The van der Waals surface area contributed by atoms with Gasteiger partial charge in [-0.15, -0.1) is 0 Å². The molecule has 0 aliphatic carbocycles. The highest BCUT2D eigenvalue weighted by molar-refractivity contribution is 5.96. The molecule has 0 amide bonds. The molecular weight excluding hydrogens is 366 g/mol. The van der Waals surface area contributed by atoms with Crippen molar-refractivity contribution in [1.82, 2.24) is 4.98 Å².